The topological polar surface area (TPSA) is 55.6 Å². The molecule has 0 saturated carbocycles. The Bertz CT molecular complexity index is 151. The van der Waals surface area contributed by atoms with Crippen molar-refractivity contribution in [1.82, 2.24) is 4.90 Å². The van der Waals surface area contributed by atoms with E-state index in [0.717, 1.165) is 19.5 Å². The molecular formula is C10H22N2O2. The molecule has 84 valence electrons. The van der Waals surface area contributed by atoms with Crippen molar-refractivity contribution in [3.05, 3.63) is 0 Å². The van der Waals surface area contributed by atoms with Gasteiger partial charge >= 0.3 is 0 Å². The van der Waals surface area contributed by atoms with Crippen LogP contribution in [0.1, 0.15) is 26.7 Å². The van der Waals surface area contributed by atoms with E-state index in [1.54, 1.807) is 0 Å². The first-order chi connectivity index (χ1) is 6.76. The molecule has 14 heavy (non-hydrogen) atoms. The van der Waals surface area contributed by atoms with Gasteiger partial charge in [0.25, 0.3) is 0 Å². The molecule has 0 heterocycles. The van der Waals surface area contributed by atoms with E-state index in [9.17, 15) is 4.79 Å². The summed E-state index contributed by atoms with van der Waals surface area (Å²) in [5.74, 6) is 0.161. The summed E-state index contributed by atoms with van der Waals surface area (Å²) in [5, 5.41) is 0. The first-order valence-corrected chi connectivity index (χ1v) is 5.31. The number of nitrogens with two attached hydrogens (primary N) is 1. The number of ether oxygens (including phenoxy) is 1. The Hall–Kier alpha value is -0.610. The van der Waals surface area contributed by atoms with Crippen LogP contribution in [0.2, 0.25) is 0 Å². The van der Waals surface area contributed by atoms with Gasteiger partial charge in [-0.25, -0.2) is 0 Å². The Balaban J connectivity index is 3.67. The maximum absolute atomic E-state index is 11.6. The molecule has 0 aromatic heterocycles. The van der Waals surface area contributed by atoms with Gasteiger partial charge in [0.05, 0.1) is 13.0 Å². The number of nitrogens with zero attached hydrogens (tertiary/aromatic N) is 1. The van der Waals surface area contributed by atoms with Gasteiger partial charge in [-0.3, -0.25) is 4.79 Å². The first-order valence-electron chi connectivity index (χ1n) is 5.31. The lowest BCUT2D eigenvalue weighted by Gasteiger charge is -2.20. The molecule has 0 aliphatic heterocycles. The van der Waals surface area contributed by atoms with Crippen molar-refractivity contribution in [2.24, 2.45) is 5.73 Å². The summed E-state index contributed by atoms with van der Waals surface area (Å²) >= 11 is 0. The second kappa shape index (κ2) is 8.97. The minimum Gasteiger partial charge on any atom is -0.381 e. The maximum Gasteiger partial charge on any atom is 0.224 e. The number of amides is 1. The van der Waals surface area contributed by atoms with Crippen molar-refractivity contribution in [3.8, 4) is 0 Å². The SMILES string of the molecule is CCOCCC(=O)N(CC)CCCN. The van der Waals surface area contributed by atoms with Crippen LogP contribution >= 0.6 is 0 Å². The van der Waals surface area contributed by atoms with Gasteiger partial charge in [-0.15, -0.1) is 0 Å². The molecule has 0 radical (unpaired) electrons. The van der Waals surface area contributed by atoms with Crippen molar-refractivity contribution >= 4 is 5.91 Å². The van der Waals surface area contributed by atoms with Crippen molar-refractivity contribution < 1.29 is 9.53 Å². The normalized spacial score (nSPS) is 10.2. The highest BCUT2D eigenvalue weighted by Gasteiger charge is 2.09. The maximum atomic E-state index is 11.6. The lowest BCUT2D eigenvalue weighted by molar-refractivity contribution is -0.132. The molecule has 0 fully saturated rings. The zero-order valence-electron chi connectivity index (χ0n) is 9.29. The molecule has 1 amide bonds. The van der Waals surface area contributed by atoms with Crippen molar-refractivity contribution in [2.45, 2.75) is 26.7 Å². The van der Waals surface area contributed by atoms with Gasteiger partial charge in [-0.05, 0) is 26.8 Å². The summed E-state index contributed by atoms with van der Waals surface area (Å²) in [7, 11) is 0. The van der Waals surface area contributed by atoms with E-state index in [0.29, 0.717) is 26.2 Å². The Kier molecular flexibility index (Phi) is 8.57. The van der Waals surface area contributed by atoms with Gasteiger partial charge in [0.2, 0.25) is 5.91 Å². The summed E-state index contributed by atoms with van der Waals surface area (Å²) in [6, 6.07) is 0. The van der Waals surface area contributed by atoms with E-state index < -0.39 is 0 Å². The highest BCUT2D eigenvalue weighted by atomic mass is 16.5. The lowest BCUT2D eigenvalue weighted by atomic mass is 10.3. The van der Waals surface area contributed by atoms with Crippen LogP contribution in [0, 0.1) is 0 Å². The second-order valence-electron chi connectivity index (χ2n) is 3.06. The Morgan fingerprint density at radius 2 is 2.14 bits per heavy atom. The van der Waals surface area contributed by atoms with Crippen LogP contribution in [0.15, 0.2) is 0 Å². The van der Waals surface area contributed by atoms with Crippen LogP contribution in [0.25, 0.3) is 0 Å². The molecule has 0 aromatic rings. The average molecular weight is 202 g/mol. The van der Waals surface area contributed by atoms with E-state index in [-0.39, 0.29) is 5.91 Å². The predicted molar refractivity (Wildman–Crippen MR) is 57.0 cm³/mol. The molecular weight excluding hydrogens is 180 g/mol. The fraction of sp³-hybridized carbons (Fsp3) is 0.900. The third kappa shape index (κ3) is 5.94. The molecule has 0 aliphatic carbocycles. The molecule has 0 rings (SSSR count). The fourth-order valence-corrected chi connectivity index (χ4v) is 1.20. The molecule has 0 spiro atoms. The third-order valence-electron chi connectivity index (χ3n) is 2.03. The zero-order valence-corrected chi connectivity index (χ0v) is 9.29. The van der Waals surface area contributed by atoms with Crippen LogP contribution < -0.4 is 5.73 Å². The summed E-state index contributed by atoms with van der Waals surface area (Å²) < 4.78 is 5.13. The third-order valence-corrected chi connectivity index (χ3v) is 2.03. The van der Waals surface area contributed by atoms with Crippen LogP contribution in [0.4, 0.5) is 0 Å². The molecule has 0 aromatic carbocycles. The monoisotopic (exact) mass is 202 g/mol. The van der Waals surface area contributed by atoms with Crippen LogP contribution in [-0.4, -0.2) is 43.7 Å². The number of hydrogen-bond acceptors (Lipinski definition) is 3. The molecule has 0 saturated heterocycles. The van der Waals surface area contributed by atoms with Crippen molar-refractivity contribution in [2.75, 3.05) is 32.8 Å². The molecule has 0 atom stereocenters. The van der Waals surface area contributed by atoms with Crippen molar-refractivity contribution in [3.63, 3.8) is 0 Å². The van der Waals surface area contributed by atoms with Crippen LogP contribution in [0.3, 0.4) is 0 Å². The van der Waals surface area contributed by atoms with Gasteiger partial charge in [-0.1, -0.05) is 0 Å². The highest BCUT2D eigenvalue weighted by Crippen LogP contribution is 1.96. The van der Waals surface area contributed by atoms with Crippen LogP contribution in [-0.2, 0) is 9.53 Å². The number of carbonyl (C=O) groups excluding carboxylic acids is 1. The zero-order chi connectivity index (χ0) is 10.8. The van der Waals surface area contributed by atoms with E-state index in [1.807, 2.05) is 18.7 Å². The Morgan fingerprint density at radius 1 is 1.43 bits per heavy atom. The number of rotatable bonds is 8. The fourth-order valence-electron chi connectivity index (χ4n) is 1.20. The summed E-state index contributed by atoms with van der Waals surface area (Å²) in [4.78, 5) is 13.4. The Morgan fingerprint density at radius 3 is 2.64 bits per heavy atom. The lowest BCUT2D eigenvalue weighted by Crippen LogP contribution is -2.33. The smallest absolute Gasteiger partial charge is 0.224 e. The summed E-state index contributed by atoms with van der Waals surface area (Å²) in [6.45, 7) is 7.25. The van der Waals surface area contributed by atoms with Crippen LogP contribution in [0.5, 0.6) is 0 Å². The molecule has 0 unspecified atom stereocenters. The van der Waals surface area contributed by atoms with Gasteiger partial charge in [-0.2, -0.15) is 0 Å². The molecule has 4 nitrogen and oxygen atoms in total. The standard InChI is InChI=1S/C10H22N2O2/c1-3-12(8-5-7-11)10(13)6-9-14-4-2/h3-9,11H2,1-2H3. The number of carbonyl (C=O) groups is 1. The highest BCUT2D eigenvalue weighted by molar-refractivity contribution is 5.76. The largest absolute Gasteiger partial charge is 0.381 e. The van der Waals surface area contributed by atoms with E-state index in [4.69, 9.17) is 10.5 Å². The molecule has 4 heteroatoms. The average Bonchev–Trinajstić information content (AvgIpc) is 2.19. The van der Waals surface area contributed by atoms with Gasteiger partial charge in [0.15, 0.2) is 0 Å². The minimum absolute atomic E-state index is 0.161. The quantitative estimate of drug-likeness (QED) is 0.587. The molecule has 2 N–H and O–H groups in total. The summed E-state index contributed by atoms with van der Waals surface area (Å²) in [6.07, 6.45) is 1.35. The van der Waals surface area contributed by atoms with Gasteiger partial charge in [0.1, 0.15) is 0 Å². The molecule has 0 bridgehead atoms. The van der Waals surface area contributed by atoms with Crippen molar-refractivity contribution in [1.29, 1.82) is 0 Å². The van der Waals surface area contributed by atoms with E-state index in [2.05, 4.69) is 0 Å². The first kappa shape index (κ1) is 13.4. The second-order valence-corrected chi connectivity index (χ2v) is 3.06. The van der Waals surface area contributed by atoms with Gasteiger partial charge in [0, 0.05) is 19.7 Å². The predicted octanol–water partition coefficient (Wildman–Crippen LogP) is 0.610. The van der Waals surface area contributed by atoms with Gasteiger partial charge < -0.3 is 15.4 Å². The number of hydrogen-bond donors (Lipinski definition) is 1. The molecule has 0 aliphatic rings. The van der Waals surface area contributed by atoms with E-state index in [1.165, 1.54) is 0 Å². The summed E-state index contributed by atoms with van der Waals surface area (Å²) in [5.41, 5.74) is 5.39. The minimum atomic E-state index is 0.161. The Labute approximate surface area is 86.4 Å². The van der Waals surface area contributed by atoms with E-state index >= 15 is 0 Å².